The Morgan fingerprint density at radius 3 is 1.75 bits per heavy atom. The van der Waals surface area contributed by atoms with Gasteiger partial charge in [0.15, 0.2) is 23.3 Å². The van der Waals surface area contributed by atoms with Gasteiger partial charge in [0.05, 0.1) is 0 Å². The van der Waals surface area contributed by atoms with Gasteiger partial charge in [-0.05, 0) is 19.3 Å². The van der Waals surface area contributed by atoms with Crippen molar-refractivity contribution < 1.29 is 36.0 Å². The first-order valence-electron chi connectivity index (χ1n) is 5.71. The van der Waals surface area contributed by atoms with Crippen molar-refractivity contribution in [3.63, 3.8) is 0 Å². The summed E-state index contributed by atoms with van der Waals surface area (Å²) in [5.74, 6) is -9.87. The van der Waals surface area contributed by atoms with Crippen molar-refractivity contribution in [2.45, 2.75) is 25.3 Å². The van der Waals surface area contributed by atoms with Crippen molar-refractivity contribution in [1.82, 2.24) is 0 Å². The molecule has 3 nitrogen and oxygen atoms in total. The van der Waals surface area contributed by atoms with Gasteiger partial charge in [-0.3, -0.25) is 0 Å². The number of hydrogen-bond donors (Lipinski definition) is 2. The predicted molar refractivity (Wildman–Crippen MR) is 61.2 cm³/mol. The van der Waals surface area contributed by atoms with Crippen molar-refractivity contribution in [3.8, 4) is 0 Å². The minimum absolute atomic E-state index is 0.0254. The molecule has 0 amide bonds. The molecule has 0 saturated heterocycles. The largest absolute Gasteiger partial charge is 0.495 e. The predicted octanol–water partition coefficient (Wildman–Crippen LogP) is 2.27. The normalized spacial score (nSPS) is 12.0. The Hall–Kier alpha value is -1.03. The summed E-state index contributed by atoms with van der Waals surface area (Å²) >= 11 is 0. The maximum Gasteiger partial charge on any atom is 0.495 e. The van der Waals surface area contributed by atoms with Crippen molar-refractivity contribution >= 4 is 8.80 Å². The Morgan fingerprint density at radius 1 is 0.850 bits per heavy atom. The standard InChI is InChI=1S/C11H13F5O3Si/c1-19-20(17,18)5-3-2-4-6-7(12)9(14)11(16)10(15)8(6)13/h17-18H,2-5H2,1H3. The lowest BCUT2D eigenvalue weighted by atomic mass is 10.1. The number of halogens is 5. The lowest BCUT2D eigenvalue weighted by Crippen LogP contribution is -2.37. The van der Waals surface area contributed by atoms with Gasteiger partial charge < -0.3 is 14.0 Å². The van der Waals surface area contributed by atoms with E-state index in [2.05, 4.69) is 4.43 Å². The molecule has 1 aromatic carbocycles. The van der Waals surface area contributed by atoms with E-state index in [1.807, 2.05) is 0 Å². The van der Waals surface area contributed by atoms with Crippen LogP contribution in [0.25, 0.3) is 0 Å². The van der Waals surface area contributed by atoms with E-state index in [-0.39, 0.29) is 18.9 Å². The molecule has 0 spiro atoms. The number of benzene rings is 1. The Kier molecular flexibility index (Phi) is 5.63. The average molecular weight is 316 g/mol. The second-order valence-corrected chi connectivity index (χ2v) is 6.60. The molecule has 20 heavy (non-hydrogen) atoms. The minimum atomic E-state index is -3.77. The van der Waals surface area contributed by atoms with E-state index < -0.39 is 49.9 Å². The summed E-state index contributed by atoms with van der Waals surface area (Å²) in [6, 6.07) is -0.126. The van der Waals surface area contributed by atoms with Crippen LogP contribution in [-0.4, -0.2) is 25.5 Å². The highest BCUT2D eigenvalue weighted by Gasteiger charge is 2.30. The van der Waals surface area contributed by atoms with Gasteiger partial charge in [0.2, 0.25) is 5.82 Å². The quantitative estimate of drug-likeness (QED) is 0.278. The van der Waals surface area contributed by atoms with Crippen LogP contribution in [0.15, 0.2) is 0 Å². The Bertz CT molecular complexity index is 466. The maximum atomic E-state index is 13.3. The van der Waals surface area contributed by atoms with Crippen LogP contribution in [0.2, 0.25) is 6.04 Å². The highest BCUT2D eigenvalue weighted by molar-refractivity contribution is 6.57. The minimum Gasteiger partial charge on any atom is -0.390 e. The van der Waals surface area contributed by atoms with Gasteiger partial charge in [-0.15, -0.1) is 0 Å². The molecule has 0 bridgehead atoms. The number of hydrogen-bond acceptors (Lipinski definition) is 3. The SMILES string of the molecule is CO[Si](O)(O)CCCCc1c(F)c(F)c(F)c(F)c1F. The second-order valence-electron chi connectivity index (χ2n) is 4.20. The summed E-state index contributed by atoms with van der Waals surface area (Å²) in [6.07, 6.45) is -0.260. The first-order chi connectivity index (χ1) is 9.21. The van der Waals surface area contributed by atoms with Crippen LogP contribution in [0.1, 0.15) is 18.4 Å². The zero-order chi connectivity index (χ0) is 15.5. The number of rotatable bonds is 6. The monoisotopic (exact) mass is 316 g/mol. The van der Waals surface area contributed by atoms with Gasteiger partial charge in [-0.1, -0.05) is 0 Å². The summed E-state index contributed by atoms with van der Waals surface area (Å²) in [5, 5.41) is 0. The summed E-state index contributed by atoms with van der Waals surface area (Å²) < 4.78 is 69.6. The molecule has 0 unspecified atom stereocenters. The third kappa shape index (κ3) is 3.75. The zero-order valence-corrected chi connectivity index (χ0v) is 11.5. The van der Waals surface area contributed by atoms with Gasteiger partial charge >= 0.3 is 8.80 Å². The molecule has 0 fully saturated rings. The van der Waals surface area contributed by atoms with Crippen LogP contribution in [-0.2, 0) is 10.8 Å². The Labute approximate surface area is 113 Å². The van der Waals surface area contributed by atoms with E-state index in [0.717, 1.165) is 7.11 Å². The molecule has 0 heterocycles. The van der Waals surface area contributed by atoms with Crippen LogP contribution < -0.4 is 0 Å². The van der Waals surface area contributed by atoms with Crippen LogP contribution in [0.5, 0.6) is 0 Å². The van der Waals surface area contributed by atoms with Crippen LogP contribution in [0.4, 0.5) is 22.0 Å². The van der Waals surface area contributed by atoms with Crippen molar-refractivity contribution in [1.29, 1.82) is 0 Å². The highest BCUT2D eigenvalue weighted by atomic mass is 28.4. The molecule has 9 heteroatoms. The zero-order valence-electron chi connectivity index (χ0n) is 10.5. The van der Waals surface area contributed by atoms with Crippen LogP contribution in [0, 0.1) is 29.1 Å². The Balaban J connectivity index is 2.75. The van der Waals surface area contributed by atoms with Crippen LogP contribution in [0.3, 0.4) is 0 Å². The van der Waals surface area contributed by atoms with E-state index in [9.17, 15) is 31.5 Å². The molecular weight excluding hydrogens is 303 g/mol. The topological polar surface area (TPSA) is 49.7 Å². The van der Waals surface area contributed by atoms with E-state index >= 15 is 0 Å². The average Bonchev–Trinajstić information content (AvgIpc) is 2.42. The molecule has 0 radical (unpaired) electrons. The lowest BCUT2D eigenvalue weighted by Gasteiger charge is -2.14. The van der Waals surface area contributed by atoms with E-state index in [1.165, 1.54) is 0 Å². The fraction of sp³-hybridized carbons (Fsp3) is 0.455. The van der Waals surface area contributed by atoms with Gasteiger partial charge in [0, 0.05) is 18.7 Å². The van der Waals surface area contributed by atoms with E-state index in [1.54, 1.807) is 0 Å². The third-order valence-corrected chi connectivity index (χ3v) is 4.47. The summed E-state index contributed by atoms with van der Waals surface area (Å²) in [7, 11) is -2.66. The fourth-order valence-corrected chi connectivity index (χ4v) is 2.54. The lowest BCUT2D eigenvalue weighted by molar-refractivity contribution is 0.183. The first-order valence-corrected chi connectivity index (χ1v) is 7.72. The highest BCUT2D eigenvalue weighted by Crippen LogP contribution is 2.24. The molecule has 1 rings (SSSR count). The molecule has 2 N–H and O–H groups in total. The maximum absolute atomic E-state index is 13.3. The van der Waals surface area contributed by atoms with Gasteiger partial charge in [-0.25, -0.2) is 22.0 Å². The van der Waals surface area contributed by atoms with Gasteiger partial charge in [0.25, 0.3) is 0 Å². The molecule has 0 atom stereocenters. The molecular formula is C11H13F5O3Si. The molecule has 0 aliphatic carbocycles. The molecule has 1 aromatic rings. The summed E-state index contributed by atoms with van der Waals surface area (Å²) in [6.45, 7) is 0. The Morgan fingerprint density at radius 2 is 1.30 bits per heavy atom. The molecule has 0 aliphatic heterocycles. The van der Waals surface area contributed by atoms with Crippen LogP contribution >= 0.6 is 0 Å². The smallest absolute Gasteiger partial charge is 0.390 e. The molecule has 114 valence electrons. The van der Waals surface area contributed by atoms with Crippen molar-refractivity contribution in [2.24, 2.45) is 0 Å². The van der Waals surface area contributed by atoms with Crippen molar-refractivity contribution in [3.05, 3.63) is 34.6 Å². The first kappa shape index (κ1) is 17.0. The van der Waals surface area contributed by atoms with Gasteiger partial charge in [0.1, 0.15) is 0 Å². The van der Waals surface area contributed by atoms with Crippen molar-refractivity contribution in [2.75, 3.05) is 7.11 Å². The van der Waals surface area contributed by atoms with Gasteiger partial charge in [-0.2, -0.15) is 0 Å². The van der Waals surface area contributed by atoms with E-state index in [4.69, 9.17) is 0 Å². The summed E-state index contributed by atoms with van der Waals surface area (Å²) in [5.41, 5.74) is -0.901. The molecule has 0 aliphatic rings. The summed E-state index contributed by atoms with van der Waals surface area (Å²) in [4.78, 5) is 18.4. The number of unbranched alkanes of at least 4 members (excludes halogenated alkanes) is 1. The fourth-order valence-electron chi connectivity index (χ4n) is 1.63. The molecule has 0 aromatic heterocycles. The molecule has 0 saturated carbocycles. The van der Waals surface area contributed by atoms with E-state index in [0.29, 0.717) is 0 Å². The third-order valence-electron chi connectivity index (χ3n) is 2.81. The second kappa shape index (κ2) is 6.61.